The van der Waals surface area contributed by atoms with E-state index in [0.29, 0.717) is 5.69 Å². The molecule has 2 N–H and O–H groups in total. The summed E-state index contributed by atoms with van der Waals surface area (Å²) in [6.45, 7) is 0. The minimum atomic E-state index is -0.251. The lowest BCUT2D eigenvalue weighted by Gasteiger charge is -1.87. The molecule has 1 aromatic rings. The fraction of sp³-hybridized carbons (Fsp3) is 0. The third-order valence-electron chi connectivity index (χ3n) is 0.870. The zero-order chi connectivity index (χ0) is 5.98. The van der Waals surface area contributed by atoms with Crippen LogP contribution in [0.2, 0.25) is 0 Å². The van der Waals surface area contributed by atoms with Crippen molar-refractivity contribution in [2.24, 2.45) is 0 Å². The second-order valence-corrected chi connectivity index (χ2v) is 1.55. The summed E-state index contributed by atoms with van der Waals surface area (Å²) in [6.07, 6.45) is 0. The first-order valence-electron chi connectivity index (χ1n) is 2.30. The second-order valence-electron chi connectivity index (χ2n) is 1.55. The summed E-state index contributed by atoms with van der Waals surface area (Å²) in [6, 6.07) is 5.70. The quantitative estimate of drug-likeness (QED) is 0.389. The molecule has 1 nitrogen and oxygen atoms in total. The predicted molar refractivity (Wildman–Crippen MR) is 40.8 cm³/mol. The molecule has 0 aromatic heterocycles. The monoisotopic (exact) mass is 125 g/mol. The summed E-state index contributed by atoms with van der Waals surface area (Å²) in [5.41, 5.74) is 5.85. The van der Waals surface area contributed by atoms with Crippen LogP contribution in [0.1, 0.15) is 0 Å². The standard InChI is InChI=1S/C6H6FN.BH3/c7-5-1-3-6(8)4-2-5;/h1-4H,8H2;1H3. The van der Waals surface area contributed by atoms with E-state index >= 15 is 0 Å². The molecule has 9 heavy (non-hydrogen) atoms. The molecular formula is C6H9BFN. The lowest BCUT2D eigenvalue weighted by Crippen LogP contribution is -1.82. The molecule has 0 saturated carbocycles. The third kappa shape index (κ3) is 2.17. The maximum Gasteiger partial charge on any atom is 0.123 e. The van der Waals surface area contributed by atoms with Gasteiger partial charge in [0.05, 0.1) is 8.41 Å². The lowest BCUT2D eigenvalue weighted by atomic mass is 10.3. The highest BCUT2D eigenvalue weighted by Gasteiger charge is 1.83. The number of anilines is 1. The highest BCUT2D eigenvalue weighted by molar-refractivity contribution is 5.75. The molecule has 3 heteroatoms. The van der Waals surface area contributed by atoms with Crippen molar-refractivity contribution in [3.05, 3.63) is 30.1 Å². The maximum absolute atomic E-state index is 12.0. The highest BCUT2D eigenvalue weighted by atomic mass is 19.1. The minimum absolute atomic E-state index is 0. The highest BCUT2D eigenvalue weighted by Crippen LogP contribution is 2.01. The largest absolute Gasteiger partial charge is 0.399 e. The van der Waals surface area contributed by atoms with E-state index in [1.807, 2.05) is 0 Å². The van der Waals surface area contributed by atoms with E-state index in [0.717, 1.165) is 0 Å². The molecule has 0 radical (unpaired) electrons. The Morgan fingerprint density at radius 3 is 1.89 bits per heavy atom. The van der Waals surface area contributed by atoms with E-state index in [9.17, 15) is 4.39 Å². The second kappa shape index (κ2) is 3.12. The molecule has 1 aromatic carbocycles. The number of nitrogens with two attached hydrogens (primary N) is 1. The average molecular weight is 125 g/mol. The number of rotatable bonds is 0. The third-order valence-corrected chi connectivity index (χ3v) is 0.870. The van der Waals surface area contributed by atoms with Crippen molar-refractivity contribution in [3.63, 3.8) is 0 Å². The topological polar surface area (TPSA) is 26.0 Å². The van der Waals surface area contributed by atoms with Gasteiger partial charge in [-0.15, -0.1) is 0 Å². The molecule has 0 aliphatic carbocycles. The van der Waals surface area contributed by atoms with Gasteiger partial charge in [0.25, 0.3) is 0 Å². The molecule has 0 aliphatic heterocycles. The molecule has 48 valence electrons. The molecule has 1 rings (SSSR count). The van der Waals surface area contributed by atoms with Crippen LogP contribution < -0.4 is 5.73 Å². The van der Waals surface area contributed by atoms with Gasteiger partial charge < -0.3 is 5.73 Å². The van der Waals surface area contributed by atoms with E-state index < -0.39 is 0 Å². The smallest absolute Gasteiger partial charge is 0.123 e. The fourth-order valence-electron chi connectivity index (χ4n) is 0.463. The van der Waals surface area contributed by atoms with Crippen LogP contribution in [0.3, 0.4) is 0 Å². The van der Waals surface area contributed by atoms with Gasteiger partial charge in [0.1, 0.15) is 5.82 Å². The van der Waals surface area contributed by atoms with Crippen LogP contribution >= 0.6 is 0 Å². The van der Waals surface area contributed by atoms with Gasteiger partial charge in [-0.05, 0) is 24.3 Å². The Kier molecular flexibility index (Phi) is 2.78. The number of halogens is 1. The number of nitrogen functional groups attached to an aromatic ring is 1. The SMILES string of the molecule is B.Nc1ccc(F)cc1. The molecule has 0 spiro atoms. The van der Waals surface area contributed by atoms with E-state index in [1.54, 1.807) is 0 Å². The van der Waals surface area contributed by atoms with Crippen molar-refractivity contribution in [1.82, 2.24) is 0 Å². The Balaban J connectivity index is 0.000000640. The van der Waals surface area contributed by atoms with E-state index in [4.69, 9.17) is 5.73 Å². The summed E-state index contributed by atoms with van der Waals surface area (Å²) in [5, 5.41) is 0. The lowest BCUT2D eigenvalue weighted by molar-refractivity contribution is 0.628. The molecule has 0 unspecified atom stereocenters. The molecule has 0 atom stereocenters. The number of hydrogen-bond donors (Lipinski definition) is 1. The first kappa shape index (κ1) is 8.01. The van der Waals surface area contributed by atoms with Gasteiger partial charge in [-0.3, -0.25) is 0 Å². The normalized spacial score (nSPS) is 8.11. The molecule has 0 heterocycles. The summed E-state index contributed by atoms with van der Waals surface area (Å²) in [5.74, 6) is -0.251. The molecule has 0 aliphatic rings. The minimum Gasteiger partial charge on any atom is -0.399 e. The molecule has 0 bridgehead atoms. The first-order valence-corrected chi connectivity index (χ1v) is 2.30. The van der Waals surface area contributed by atoms with Crippen LogP contribution in [0.4, 0.5) is 10.1 Å². The van der Waals surface area contributed by atoms with Gasteiger partial charge in [0.2, 0.25) is 0 Å². The summed E-state index contributed by atoms with van der Waals surface area (Å²) in [7, 11) is 0. The van der Waals surface area contributed by atoms with E-state index in [2.05, 4.69) is 0 Å². The number of benzene rings is 1. The Bertz CT molecular complexity index is 152. The van der Waals surface area contributed by atoms with Crippen LogP contribution in [0.25, 0.3) is 0 Å². The van der Waals surface area contributed by atoms with Crippen molar-refractivity contribution in [2.45, 2.75) is 0 Å². The summed E-state index contributed by atoms with van der Waals surface area (Å²) in [4.78, 5) is 0. The van der Waals surface area contributed by atoms with E-state index in [1.165, 1.54) is 24.3 Å². The Morgan fingerprint density at radius 1 is 1.11 bits per heavy atom. The van der Waals surface area contributed by atoms with Crippen molar-refractivity contribution >= 4 is 14.1 Å². The molecule has 0 fully saturated rings. The van der Waals surface area contributed by atoms with Gasteiger partial charge in [0.15, 0.2) is 0 Å². The van der Waals surface area contributed by atoms with Gasteiger partial charge in [-0.25, -0.2) is 4.39 Å². The van der Waals surface area contributed by atoms with Crippen molar-refractivity contribution < 1.29 is 4.39 Å². The van der Waals surface area contributed by atoms with Gasteiger partial charge in [-0.1, -0.05) is 0 Å². The first-order chi connectivity index (χ1) is 3.79. The van der Waals surface area contributed by atoms with Crippen LogP contribution in [0.15, 0.2) is 24.3 Å². The van der Waals surface area contributed by atoms with Crippen molar-refractivity contribution in [2.75, 3.05) is 5.73 Å². The van der Waals surface area contributed by atoms with Crippen molar-refractivity contribution in [1.29, 1.82) is 0 Å². The molecule has 0 saturated heterocycles. The van der Waals surface area contributed by atoms with Gasteiger partial charge >= 0.3 is 0 Å². The zero-order valence-corrected chi connectivity index (χ0v) is 4.26. The maximum atomic E-state index is 12.0. The summed E-state index contributed by atoms with van der Waals surface area (Å²) < 4.78 is 12.0. The van der Waals surface area contributed by atoms with Gasteiger partial charge in [-0.2, -0.15) is 0 Å². The van der Waals surface area contributed by atoms with Crippen LogP contribution in [0.5, 0.6) is 0 Å². The van der Waals surface area contributed by atoms with Crippen LogP contribution in [0, 0.1) is 5.82 Å². The van der Waals surface area contributed by atoms with Crippen molar-refractivity contribution in [3.8, 4) is 0 Å². The zero-order valence-electron chi connectivity index (χ0n) is 4.26. The Labute approximate surface area is 55.3 Å². The fourth-order valence-corrected chi connectivity index (χ4v) is 0.463. The Hall–Kier alpha value is -0.985. The summed E-state index contributed by atoms with van der Waals surface area (Å²) >= 11 is 0. The molecule has 0 amide bonds. The van der Waals surface area contributed by atoms with Crippen LogP contribution in [-0.4, -0.2) is 8.41 Å². The van der Waals surface area contributed by atoms with E-state index in [-0.39, 0.29) is 14.2 Å². The molecular weight excluding hydrogens is 116 g/mol. The van der Waals surface area contributed by atoms with Crippen LogP contribution in [-0.2, 0) is 0 Å². The van der Waals surface area contributed by atoms with Gasteiger partial charge in [0, 0.05) is 5.69 Å². The number of hydrogen-bond acceptors (Lipinski definition) is 1. The predicted octanol–water partition coefficient (Wildman–Crippen LogP) is 0.224. The average Bonchev–Trinajstić information content (AvgIpc) is 1.77. The Morgan fingerprint density at radius 2 is 1.56 bits per heavy atom.